The maximum atomic E-state index is 12.6. The van der Waals surface area contributed by atoms with Gasteiger partial charge < -0.3 is 9.80 Å². The van der Waals surface area contributed by atoms with Gasteiger partial charge in [-0.25, -0.2) is 0 Å². The molecule has 24 heavy (non-hydrogen) atoms. The number of hydrogen-bond donors (Lipinski definition) is 0. The molecule has 0 aromatic heterocycles. The number of carbonyl (C=O) groups is 2. The van der Waals surface area contributed by atoms with Crippen LogP contribution in [0.1, 0.15) is 42.5 Å². The first-order valence-corrected chi connectivity index (χ1v) is 8.90. The molecule has 1 aromatic carbocycles. The average Bonchev–Trinajstić information content (AvgIpc) is 2.50. The second-order valence-electron chi connectivity index (χ2n) is 7.41. The molecule has 1 aromatic rings. The number of carbonyl (C=O) groups excluding carboxylic acids is 2. The van der Waals surface area contributed by atoms with E-state index in [0.29, 0.717) is 44.9 Å². The third-order valence-corrected chi connectivity index (χ3v) is 4.74. The van der Waals surface area contributed by atoms with Crippen LogP contribution in [0.25, 0.3) is 0 Å². The minimum absolute atomic E-state index is 0.168. The van der Waals surface area contributed by atoms with Crippen molar-refractivity contribution in [1.82, 2.24) is 9.80 Å². The van der Waals surface area contributed by atoms with Crippen molar-refractivity contribution in [1.29, 1.82) is 0 Å². The fraction of sp³-hybridized carbons (Fsp3) is 0.600. The van der Waals surface area contributed by atoms with Crippen LogP contribution in [0, 0.1) is 26.7 Å². The van der Waals surface area contributed by atoms with E-state index in [1.54, 1.807) is 0 Å². The molecule has 2 rings (SSSR count). The van der Waals surface area contributed by atoms with Gasteiger partial charge in [-0.1, -0.05) is 31.5 Å². The van der Waals surface area contributed by atoms with Crippen molar-refractivity contribution in [2.75, 3.05) is 26.2 Å². The maximum absolute atomic E-state index is 12.6. The third-order valence-electron chi connectivity index (χ3n) is 4.74. The molecule has 0 N–H and O–H groups in total. The predicted octanol–water partition coefficient (Wildman–Crippen LogP) is 2.87. The van der Waals surface area contributed by atoms with Gasteiger partial charge >= 0.3 is 0 Å². The molecule has 0 spiro atoms. The zero-order chi connectivity index (χ0) is 17.9. The van der Waals surface area contributed by atoms with Gasteiger partial charge in [0.15, 0.2) is 0 Å². The zero-order valence-electron chi connectivity index (χ0n) is 15.7. The van der Waals surface area contributed by atoms with Crippen molar-refractivity contribution in [3.63, 3.8) is 0 Å². The SMILES string of the molecule is Cc1cc(C)c(CC(=O)N2CCN(C(=O)CC(C)C)CC2)c(C)c1. The first-order valence-electron chi connectivity index (χ1n) is 8.90. The minimum Gasteiger partial charge on any atom is -0.339 e. The van der Waals surface area contributed by atoms with Crippen molar-refractivity contribution >= 4 is 11.8 Å². The van der Waals surface area contributed by atoms with Gasteiger partial charge in [0, 0.05) is 32.6 Å². The van der Waals surface area contributed by atoms with Gasteiger partial charge in [0.2, 0.25) is 11.8 Å². The van der Waals surface area contributed by atoms with E-state index < -0.39 is 0 Å². The van der Waals surface area contributed by atoms with E-state index in [-0.39, 0.29) is 11.8 Å². The Morgan fingerprint density at radius 3 is 1.83 bits per heavy atom. The fourth-order valence-corrected chi connectivity index (χ4v) is 3.44. The molecule has 0 atom stereocenters. The number of piperazine rings is 1. The van der Waals surface area contributed by atoms with Crippen LogP contribution in [0.5, 0.6) is 0 Å². The Bertz CT molecular complexity index is 591. The molecule has 0 bridgehead atoms. The van der Waals surface area contributed by atoms with Gasteiger partial charge in [0.25, 0.3) is 0 Å². The van der Waals surface area contributed by atoms with Crippen LogP contribution in [0.2, 0.25) is 0 Å². The molecule has 0 radical (unpaired) electrons. The summed E-state index contributed by atoms with van der Waals surface area (Å²) in [6.07, 6.45) is 1.05. The van der Waals surface area contributed by atoms with Crippen LogP contribution in [0.3, 0.4) is 0 Å². The Balaban J connectivity index is 1.93. The van der Waals surface area contributed by atoms with Crippen LogP contribution >= 0.6 is 0 Å². The highest BCUT2D eigenvalue weighted by molar-refractivity contribution is 5.80. The van der Waals surface area contributed by atoms with Crippen LogP contribution in [0.4, 0.5) is 0 Å². The van der Waals surface area contributed by atoms with Gasteiger partial charge in [0.1, 0.15) is 0 Å². The smallest absolute Gasteiger partial charge is 0.227 e. The van der Waals surface area contributed by atoms with Crippen molar-refractivity contribution in [3.8, 4) is 0 Å². The number of rotatable bonds is 4. The topological polar surface area (TPSA) is 40.6 Å². The quantitative estimate of drug-likeness (QED) is 0.852. The number of aryl methyl sites for hydroxylation is 3. The monoisotopic (exact) mass is 330 g/mol. The number of benzene rings is 1. The summed E-state index contributed by atoms with van der Waals surface area (Å²) >= 11 is 0. The second kappa shape index (κ2) is 7.82. The Morgan fingerprint density at radius 1 is 0.917 bits per heavy atom. The van der Waals surface area contributed by atoms with Crippen LogP contribution in [0.15, 0.2) is 12.1 Å². The molecule has 1 saturated heterocycles. The second-order valence-corrected chi connectivity index (χ2v) is 7.41. The van der Waals surface area contributed by atoms with E-state index in [0.717, 1.165) is 5.56 Å². The molecule has 4 heteroatoms. The van der Waals surface area contributed by atoms with Crippen LogP contribution in [-0.4, -0.2) is 47.8 Å². The fourth-order valence-electron chi connectivity index (χ4n) is 3.44. The van der Waals surface area contributed by atoms with E-state index in [1.807, 2.05) is 9.80 Å². The standard InChI is InChI=1S/C20H30N2O2/c1-14(2)10-19(23)21-6-8-22(9-7-21)20(24)13-18-16(4)11-15(3)12-17(18)5/h11-12,14H,6-10,13H2,1-5H3. The van der Waals surface area contributed by atoms with Crippen molar-refractivity contribution in [2.24, 2.45) is 5.92 Å². The molecule has 0 saturated carbocycles. The summed E-state index contributed by atoms with van der Waals surface area (Å²) in [5.41, 5.74) is 4.75. The molecular formula is C20H30N2O2. The average molecular weight is 330 g/mol. The highest BCUT2D eigenvalue weighted by atomic mass is 16.2. The summed E-state index contributed by atoms with van der Waals surface area (Å²) < 4.78 is 0. The van der Waals surface area contributed by atoms with E-state index in [4.69, 9.17) is 0 Å². The zero-order valence-corrected chi connectivity index (χ0v) is 15.7. The first kappa shape index (κ1) is 18.5. The highest BCUT2D eigenvalue weighted by Crippen LogP contribution is 2.18. The molecule has 2 amide bonds. The predicted molar refractivity (Wildman–Crippen MR) is 97.0 cm³/mol. The molecule has 0 unspecified atom stereocenters. The molecule has 1 fully saturated rings. The van der Waals surface area contributed by atoms with Gasteiger partial charge in [-0.3, -0.25) is 9.59 Å². The lowest BCUT2D eigenvalue weighted by molar-refractivity contribution is -0.139. The van der Waals surface area contributed by atoms with Gasteiger partial charge in [-0.15, -0.1) is 0 Å². The Morgan fingerprint density at radius 2 is 1.38 bits per heavy atom. The van der Waals surface area contributed by atoms with Gasteiger partial charge in [-0.05, 0) is 43.4 Å². The number of hydrogen-bond acceptors (Lipinski definition) is 2. The molecule has 132 valence electrons. The largest absolute Gasteiger partial charge is 0.339 e. The van der Waals surface area contributed by atoms with Crippen molar-refractivity contribution in [2.45, 2.75) is 47.5 Å². The Kier molecular flexibility index (Phi) is 6.03. The molecule has 4 nitrogen and oxygen atoms in total. The van der Waals surface area contributed by atoms with Crippen molar-refractivity contribution in [3.05, 3.63) is 34.4 Å². The van der Waals surface area contributed by atoms with Gasteiger partial charge in [-0.2, -0.15) is 0 Å². The van der Waals surface area contributed by atoms with Crippen LogP contribution in [-0.2, 0) is 16.0 Å². The molecule has 1 heterocycles. The molecular weight excluding hydrogens is 300 g/mol. The van der Waals surface area contributed by atoms with Crippen LogP contribution < -0.4 is 0 Å². The van der Waals surface area contributed by atoms with Crippen molar-refractivity contribution < 1.29 is 9.59 Å². The summed E-state index contributed by atoms with van der Waals surface area (Å²) in [5.74, 6) is 0.757. The van der Waals surface area contributed by atoms with E-state index >= 15 is 0 Å². The number of nitrogens with zero attached hydrogens (tertiary/aromatic N) is 2. The first-order chi connectivity index (χ1) is 11.3. The van der Waals surface area contributed by atoms with Gasteiger partial charge in [0.05, 0.1) is 6.42 Å². The summed E-state index contributed by atoms with van der Waals surface area (Å²) in [4.78, 5) is 28.5. The normalized spacial score (nSPS) is 15.1. The Labute approximate surface area is 145 Å². The maximum Gasteiger partial charge on any atom is 0.227 e. The Hall–Kier alpha value is -1.84. The lowest BCUT2D eigenvalue weighted by Gasteiger charge is -2.35. The minimum atomic E-state index is 0.168. The summed E-state index contributed by atoms with van der Waals surface area (Å²) in [7, 11) is 0. The summed E-state index contributed by atoms with van der Waals surface area (Å²) in [6.45, 7) is 13.0. The van der Waals surface area contributed by atoms with E-state index in [9.17, 15) is 9.59 Å². The molecule has 0 aliphatic carbocycles. The molecule has 1 aliphatic heterocycles. The number of amides is 2. The lowest BCUT2D eigenvalue weighted by atomic mass is 9.97. The molecule has 1 aliphatic rings. The van der Waals surface area contributed by atoms with E-state index in [1.165, 1.54) is 16.7 Å². The lowest BCUT2D eigenvalue weighted by Crippen LogP contribution is -2.51. The summed E-state index contributed by atoms with van der Waals surface area (Å²) in [5, 5.41) is 0. The highest BCUT2D eigenvalue weighted by Gasteiger charge is 2.24. The van der Waals surface area contributed by atoms with E-state index in [2.05, 4.69) is 46.8 Å². The summed E-state index contributed by atoms with van der Waals surface area (Å²) in [6, 6.07) is 4.27. The third kappa shape index (κ3) is 4.59.